The summed E-state index contributed by atoms with van der Waals surface area (Å²) in [6.07, 6.45) is 1.60. The molecule has 1 N–H and O–H groups in total. The Morgan fingerprint density at radius 3 is 2.61 bits per heavy atom. The normalized spacial score (nSPS) is 10.1. The fourth-order valence-electron chi connectivity index (χ4n) is 1.25. The molecule has 2 rings (SSSR count). The van der Waals surface area contributed by atoms with Crippen LogP contribution in [0.4, 0.5) is 0 Å². The van der Waals surface area contributed by atoms with Crippen molar-refractivity contribution in [1.82, 2.24) is 4.98 Å². The van der Waals surface area contributed by atoms with Crippen LogP contribution in [0.1, 0.15) is 10.4 Å². The number of carboxylic acids is 1. The lowest BCUT2D eigenvalue weighted by Gasteiger charge is -2.07. The van der Waals surface area contributed by atoms with Gasteiger partial charge in [-0.15, -0.1) is 0 Å². The molecular formula is C12H7Br2NO3. The lowest BCUT2D eigenvalue weighted by Crippen LogP contribution is -1.97. The van der Waals surface area contributed by atoms with Crippen LogP contribution in [0.15, 0.2) is 45.5 Å². The number of halogens is 2. The van der Waals surface area contributed by atoms with Crippen LogP contribution in [-0.2, 0) is 0 Å². The number of rotatable bonds is 3. The molecule has 0 aliphatic rings. The Kier molecular flexibility index (Phi) is 3.98. The lowest BCUT2D eigenvalue weighted by atomic mass is 10.2. The van der Waals surface area contributed by atoms with E-state index in [1.165, 1.54) is 12.1 Å². The Hall–Kier alpha value is -1.40. The van der Waals surface area contributed by atoms with Crippen molar-refractivity contribution in [3.8, 4) is 11.6 Å². The molecule has 0 amide bonds. The van der Waals surface area contributed by atoms with E-state index in [0.29, 0.717) is 16.1 Å². The minimum Gasteiger partial charge on any atom is -0.478 e. The second-order valence-electron chi connectivity index (χ2n) is 3.37. The molecule has 1 aromatic heterocycles. The number of carbonyl (C=O) groups is 1. The van der Waals surface area contributed by atoms with Crippen molar-refractivity contribution < 1.29 is 14.6 Å². The lowest BCUT2D eigenvalue weighted by molar-refractivity contribution is 0.0696. The highest BCUT2D eigenvalue weighted by Gasteiger charge is 2.09. The van der Waals surface area contributed by atoms with Gasteiger partial charge in [0.25, 0.3) is 0 Å². The quantitative estimate of drug-likeness (QED) is 0.881. The van der Waals surface area contributed by atoms with Crippen molar-refractivity contribution in [2.24, 2.45) is 0 Å². The van der Waals surface area contributed by atoms with Gasteiger partial charge in [0.2, 0.25) is 5.88 Å². The van der Waals surface area contributed by atoms with Gasteiger partial charge >= 0.3 is 5.97 Å². The van der Waals surface area contributed by atoms with Gasteiger partial charge < -0.3 is 9.84 Å². The van der Waals surface area contributed by atoms with Gasteiger partial charge in [0, 0.05) is 16.7 Å². The maximum Gasteiger partial charge on any atom is 0.335 e. The van der Waals surface area contributed by atoms with Gasteiger partial charge in [0.05, 0.1) is 10.0 Å². The average molecular weight is 373 g/mol. The number of benzene rings is 1. The molecule has 1 aromatic carbocycles. The highest BCUT2D eigenvalue weighted by Crippen LogP contribution is 2.30. The summed E-state index contributed by atoms with van der Waals surface area (Å²) in [5, 5.41) is 8.91. The zero-order valence-electron chi connectivity index (χ0n) is 8.93. The first-order valence-corrected chi connectivity index (χ1v) is 6.47. The van der Waals surface area contributed by atoms with E-state index in [4.69, 9.17) is 9.84 Å². The summed E-state index contributed by atoms with van der Waals surface area (Å²) in [5.74, 6) is -0.206. The second-order valence-corrected chi connectivity index (χ2v) is 5.14. The van der Waals surface area contributed by atoms with Crippen molar-refractivity contribution in [2.45, 2.75) is 0 Å². The first kappa shape index (κ1) is 13.0. The molecule has 6 heteroatoms. The molecule has 0 saturated carbocycles. The van der Waals surface area contributed by atoms with E-state index < -0.39 is 5.97 Å². The van der Waals surface area contributed by atoms with Crippen molar-refractivity contribution >= 4 is 37.8 Å². The molecule has 0 radical (unpaired) electrons. The standard InChI is InChI=1S/C12H7Br2NO3/c13-8-2-4-11(15-6-8)18-10-5-7(12(16)17)1-3-9(10)14/h1-6H,(H,16,17). The van der Waals surface area contributed by atoms with Crippen molar-refractivity contribution in [2.75, 3.05) is 0 Å². The van der Waals surface area contributed by atoms with Crippen molar-refractivity contribution in [1.29, 1.82) is 0 Å². The SMILES string of the molecule is O=C(O)c1ccc(Br)c(Oc2ccc(Br)cn2)c1. The molecular weight excluding hydrogens is 366 g/mol. The van der Waals surface area contributed by atoms with Crippen LogP contribution in [0.5, 0.6) is 11.6 Å². The second kappa shape index (κ2) is 5.49. The molecule has 1 heterocycles. The van der Waals surface area contributed by atoms with Crippen LogP contribution in [0.3, 0.4) is 0 Å². The summed E-state index contributed by atoms with van der Waals surface area (Å²) in [5.41, 5.74) is 0.158. The minimum atomic E-state index is -1.00. The van der Waals surface area contributed by atoms with E-state index in [1.54, 1.807) is 24.4 Å². The van der Waals surface area contributed by atoms with Crippen molar-refractivity contribution in [3.63, 3.8) is 0 Å². The third-order valence-electron chi connectivity index (χ3n) is 2.09. The van der Waals surface area contributed by atoms with Gasteiger partial charge in [-0.3, -0.25) is 0 Å². The predicted molar refractivity (Wildman–Crippen MR) is 73.1 cm³/mol. The Morgan fingerprint density at radius 2 is 2.00 bits per heavy atom. The first-order chi connectivity index (χ1) is 8.56. The van der Waals surface area contributed by atoms with Gasteiger partial charge in [-0.1, -0.05) is 0 Å². The summed E-state index contributed by atoms with van der Waals surface area (Å²) in [4.78, 5) is 14.9. The number of aromatic carboxylic acids is 1. The largest absolute Gasteiger partial charge is 0.478 e. The van der Waals surface area contributed by atoms with Gasteiger partial charge in [0.1, 0.15) is 5.75 Å². The van der Waals surface area contributed by atoms with Crippen LogP contribution in [0.2, 0.25) is 0 Å². The van der Waals surface area contributed by atoms with Crippen LogP contribution in [0.25, 0.3) is 0 Å². The van der Waals surface area contributed by atoms with E-state index in [0.717, 1.165) is 4.47 Å². The number of nitrogens with zero attached hydrogens (tertiary/aromatic N) is 1. The summed E-state index contributed by atoms with van der Waals surface area (Å²) in [6, 6.07) is 8.03. The maximum absolute atomic E-state index is 10.9. The van der Waals surface area contributed by atoms with Gasteiger partial charge in [-0.2, -0.15) is 0 Å². The van der Waals surface area contributed by atoms with Crippen molar-refractivity contribution in [3.05, 3.63) is 51.0 Å². The molecule has 0 unspecified atom stereocenters. The monoisotopic (exact) mass is 371 g/mol. The molecule has 0 bridgehead atoms. The maximum atomic E-state index is 10.9. The first-order valence-electron chi connectivity index (χ1n) is 4.88. The Labute approximate surface area is 120 Å². The highest BCUT2D eigenvalue weighted by molar-refractivity contribution is 9.10. The summed E-state index contributed by atoms with van der Waals surface area (Å²) in [7, 11) is 0. The van der Waals surface area contributed by atoms with Crippen LogP contribution in [0, 0.1) is 0 Å². The molecule has 0 aliphatic heterocycles. The smallest absolute Gasteiger partial charge is 0.335 e. The Morgan fingerprint density at radius 1 is 1.22 bits per heavy atom. The number of hydrogen-bond donors (Lipinski definition) is 1. The van der Waals surface area contributed by atoms with Gasteiger partial charge in [0.15, 0.2) is 0 Å². The zero-order chi connectivity index (χ0) is 13.1. The summed E-state index contributed by atoms with van der Waals surface area (Å²) in [6.45, 7) is 0. The van der Waals surface area contributed by atoms with Gasteiger partial charge in [-0.25, -0.2) is 9.78 Å². The number of ether oxygens (including phenoxy) is 1. The van der Waals surface area contributed by atoms with E-state index in [9.17, 15) is 4.79 Å². The number of aromatic nitrogens is 1. The molecule has 18 heavy (non-hydrogen) atoms. The topological polar surface area (TPSA) is 59.4 Å². The van der Waals surface area contributed by atoms with Crippen LogP contribution < -0.4 is 4.74 Å². The fraction of sp³-hybridized carbons (Fsp3) is 0. The molecule has 92 valence electrons. The molecule has 0 aliphatic carbocycles. The minimum absolute atomic E-state index is 0.158. The Bertz CT molecular complexity index is 584. The number of pyridine rings is 1. The molecule has 0 atom stereocenters. The fourth-order valence-corrected chi connectivity index (χ4v) is 1.81. The molecule has 2 aromatic rings. The van der Waals surface area contributed by atoms with E-state index >= 15 is 0 Å². The van der Waals surface area contributed by atoms with E-state index in [2.05, 4.69) is 36.8 Å². The number of hydrogen-bond acceptors (Lipinski definition) is 3. The molecule has 0 spiro atoms. The molecule has 0 fully saturated rings. The highest BCUT2D eigenvalue weighted by atomic mass is 79.9. The molecule has 4 nitrogen and oxygen atoms in total. The molecule has 0 saturated heterocycles. The summed E-state index contributed by atoms with van der Waals surface area (Å²) >= 11 is 6.57. The zero-order valence-corrected chi connectivity index (χ0v) is 12.1. The van der Waals surface area contributed by atoms with Crippen LogP contribution in [-0.4, -0.2) is 16.1 Å². The van der Waals surface area contributed by atoms with E-state index in [-0.39, 0.29) is 5.56 Å². The summed E-state index contributed by atoms with van der Waals surface area (Å²) < 4.78 is 7.02. The van der Waals surface area contributed by atoms with Crippen LogP contribution >= 0.6 is 31.9 Å². The van der Waals surface area contributed by atoms with E-state index in [1.807, 2.05) is 0 Å². The predicted octanol–water partition coefficient (Wildman–Crippen LogP) is 4.10. The number of carboxylic acid groups (broad SMARTS) is 1. The van der Waals surface area contributed by atoms with Gasteiger partial charge in [-0.05, 0) is 56.1 Å². The average Bonchev–Trinajstić information content (AvgIpc) is 2.34. The third-order valence-corrected chi connectivity index (χ3v) is 3.22. The third kappa shape index (κ3) is 3.08. The Balaban J connectivity index is 2.30.